The highest BCUT2D eigenvalue weighted by Gasteiger charge is 2.17. The number of rotatable bonds is 42. The third-order valence-corrected chi connectivity index (χ3v) is 10.3. The quantitative estimate of drug-likeness (QED) is 0.0425. The molecule has 0 aliphatic rings. The van der Waals surface area contributed by atoms with Gasteiger partial charge in [0.15, 0.2) is 0 Å². The first-order valence-corrected chi connectivity index (χ1v) is 24.1. The molecule has 0 aromatic rings. The number of unbranched alkanes of at least 4 members (excludes halogenated alkanes) is 19. The number of allylic oxidation sites excluding steroid dienone is 17. The van der Waals surface area contributed by atoms with Crippen LogP contribution in [0.3, 0.4) is 0 Å². The Morgan fingerprint density at radius 1 is 0.431 bits per heavy atom. The predicted octanol–water partition coefficient (Wildman–Crippen LogP) is 15.6. The molecule has 0 bridgehead atoms. The van der Waals surface area contributed by atoms with E-state index in [0.717, 1.165) is 77.0 Å². The first kappa shape index (κ1) is 55.0. The van der Waals surface area contributed by atoms with Gasteiger partial charge < -0.3 is 15.5 Å². The van der Waals surface area contributed by atoms with Gasteiger partial charge in [0.25, 0.3) is 0 Å². The van der Waals surface area contributed by atoms with Gasteiger partial charge >= 0.3 is 0 Å². The summed E-state index contributed by atoms with van der Waals surface area (Å²) in [6.45, 7) is 4.16. The number of hydrogen-bond donors (Lipinski definition) is 3. The van der Waals surface area contributed by atoms with Crippen LogP contribution < -0.4 is 5.32 Å². The monoisotopic (exact) mass is 802 g/mol. The minimum absolute atomic E-state index is 0.0754. The SMILES string of the molecule is CC/C=C\C/C=C\C/C=C\C/C=C\C/C=C\C/C=C\C/C=C\C/C=C\CCCCCCCCCCCCC(=O)NC(CO)C(O)/C=C/CCCCCCCCCCC. The normalized spacial score (nSPS) is 13.9. The Morgan fingerprint density at radius 3 is 1.14 bits per heavy atom. The molecule has 330 valence electrons. The van der Waals surface area contributed by atoms with Crippen molar-refractivity contribution in [2.75, 3.05) is 6.61 Å². The van der Waals surface area contributed by atoms with E-state index in [4.69, 9.17) is 0 Å². The van der Waals surface area contributed by atoms with Crippen LogP contribution in [0.1, 0.15) is 206 Å². The van der Waals surface area contributed by atoms with Gasteiger partial charge in [0.1, 0.15) is 0 Å². The molecular formula is C54H91NO3. The van der Waals surface area contributed by atoms with Gasteiger partial charge in [0.05, 0.1) is 18.8 Å². The number of carbonyl (C=O) groups is 1. The second-order valence-corrected chi connectivity index (χ2v) is 15.8. The van der Waals surface area contributed by atoms with E-state index in [2.05, 4.69) is 116 Å². The van der Waals surface area contributed by atoms with Crippen LogP contribution in [0.25, 0.3) is 0 Å². The maximum Gasteiger partial charge on any atom is 0.220 e. The van der Waals surface area contributed by atoms with Crippen molar-refractivity contribution in [3.63, 3.8) is 0 Å². The van der Waals surface area contributed by atoms with Gasteiger partial charge in [0, 0.05) is 6.42 Å². The first-order valence-electron chi connectivity index (χ1n) is 24.1. The van der Waals surface area contributed by atoms with Crippen LogP contribution in [0.2, 0.25) is 0 Å². The lowest BCUT2D eigenvalue weighted by molar-refractivity contribution is -0.123. The first-order chi connectivity index (χ1) is 28.7. The Labute approximate surface area is 359 Å². The van der Waals surface area contributed by atoms with E-state index < -0.39 is 12.1 Å². The lowest BCUT2D eigenvalue weighted by Gasteiger charge is -2.20. The molecule has 58 heavy (non-hydrogen) atoms. The van der Waals surface area contributed by atoms with Crippen molar-refractivity contribution in [2.45, 2.75) is 219 Å². The number of hydrogen-bond acceptors (Lipinski definition) is 3. The van der Waals surface area contributed by atoms with Gasteiger partial charge in [-0.15, -0.1) is 0 Å². The Bertz CT molecular complexity index is 1140. The lowest BCUT2D eigenvalue weighted by Crippen LogP contribution is -2.45. The zero-order valence-electron chi connectivity index (χ0n) is 37.8. The lowest BCUT2D eigenvalue weighted by atomic mass is 10.0. The van der Waals surface area contributed by atoms with E-state index in [-0.39, 0.29) is 12.5 Å². The van der Waals surface area contributed by atoms with E-state index in [1.54, 1.807) is 6.08 Å². The molecule has 1 amide bonds. The summed E-state index contributed by atoms with van der Waals surface area (Å²) in [5.41, 5.74) is 0. The molecule has 2 atom stereocenters. The van der Waals surface area contributed by atoms with Crippen LogP contribution >= 0.6 is 0 Å². The zero-order chi connectivity index (χ0) is 42.1. The van der Waals surface area contributed by atoms with Crippen molar-refractivity contribution >= 4 is 5.91 Å². The van der Waals surface area contributed by atoms with Gasteiger partial charge in [0.2, 0.25) is 5.91 Å². The fraction of sp³-hybridized carbons (Fsp3) is 0.648. The Balaban J connectivity index is 3.60. The summed E-state index contributed by atoms with van der Waals surface area (Å²) < 4.78 is 0. The highest BCUT2D eigenvalue weighted by atomic mass is 16.3. The maximum absolute atomic E-state index is 12.4. The van der Waals surface area contributed by atoms with Crippen molar-refractivity contribution in [3.8, 4) is 0 Å². The van der Waals surface area contributed by atoms with Gasteiger partial charge in [-0.3, -0.25) is 4.79 Å². The van der Waals surface area contributed by atoms with Crippen molar-refractivity contribution in [2.24, 2.45) is 0 Å². The van der Waals surface area contributed by atoms with Crippen LogP contribution in [0.4, 0.5) is 0 Å². The number of aliphatic hydroxyl groups excluding tert-OH is 2. The summed E-state index contributed by atoms with van der Waals surface area (Å²) in [6, 6.07) is -0.629. The van der Waals surface area contributed by atoms with Crippen LogP contribution in [0.5, 0.6) is 0 Å². The number of nitrogens with one attached hydrogen (secondary N) is 1. The molecule has 0 aromatic heterocycles. The zero-order valence-corrected chi connectivity index (χ0v) is 37.8. The molecule has 0 aliphatic heterocycles. The van der Waals surface area contributed by atoms with E-state index in [9.17, 15) is 15.0 Å². The third-order valence-electron chi connectivity index (χ3n) is 10.3. The molecule has 0 spiro atoms. The number of aliphatic hydroxyl groups is 2. The van der Waals surface area contributed by atoms with Gasteiger partial charge in [-0.2, -0.15) is 0 Å². The predicted molar refractivity (Wildman–Crippen MR) is 257 cm³/mol. The van der Waals surface area contributed by atoms with Crippen molar-refractivity contribution in [1.82, 2.24) is 5.32 Å². The summed E-state index contributed by atoms with van der Waals surface area (Å²) in [4.78, 5) is 12.4. The molecule has 0 aliphatic carbocycles. The van der Waals surface area contributed by atoms with Crippen molar-refractivity contribution < 1.29 is 15.0 Å². The van der Waals surface area contributed by atoms with Crippen LogP contribution in [-0.4, -0.2) is 34.9 Å². The summed E-state index contributed by atoms with van der Waals surface area (Å²) in [6.07, 6.45) is 73.5. The molecule has 0 fully saturated rings. The summed E-state index contributed by atoms with van der Waals surface area (Å²) in [5, 5.41) is 23.0. The molecular weight excluding hydrogens is 711 g/mol. The van der Waals surface area contributed by atoms with Crippen molar-refractivity contribution in [3.05, 3.63) is 109 Å². The van der Waals surface area contributed by atoms with Gasteiger partial charge in [-0.05, 0) is 83.5 Å². The summed E-state index contributed by atoms with van der Waals surface area (Å²) in [7, 11) is 0. The Morgan fingerprint density at radius 2 is 0.759 bits per heavy atom. The molecule has 4 nitrogen and oxygen atoms in total. The fourth-order valence-electron chi connectivity index (χ4n) is 6.60. The topological polar surface area (TPSA) is 69.6 Å². The molecule has 0 rings (SSSR count). The van der Waals surface area contributed by atoms with E-state index in [1.165, 1.54) is 109 Å². The smallest absolute Gasteiger partial charge is 0.220 e. The van der Waals surface area contributed by atoms with Crippen LogP contribution in [0, 0.1) is 0 Å². The standard InChI is InChI=1S/C54H91NO3/c1-3-5-7-9-11-13-15-16-17-18-19-20-21-22-23-24-25-26-27-28-29-30-31-32-33-34-35-36-37-38-40-42-44-46-48-50-54(58)55-52(51-56)53(57)49-47-45-43-41-39-14-12-10-8-6-4-2/h5,7,11,13,16-17,19-20,22-23,25-26,28-29,31-32,47,49,52-53,56-57H,3-4,6,8-10,12,14-15,18,21,24,27,30,33-46,48,50-51H2,1-2H3,(H,55,58)/b7-5-,13-11-,17-16-,20-19-,23-22-,26-25-,29-28-,32-31-,49-47+. The second-order valence-electron chi connectivity index (χ2n) is 15.8. The second kappa shape index (κ2) is 48.4. The van der Waals surface area contributed by atoms with E-state index in [0.29, 0.717) is 6.42 Å². The molecule has 3 N–H and O–H groups in total. The highest BCUT2D eigenvalue weighted by Crippen LogP contribution is 2.13. The van der Waals surface area contributed by atoms with Gasteiger partial charge in [-0.25, -0.2) is 0 Å². The largest absolute Gasteiger partial charge is 0.394 e. The minimum atomic E-state index is -0.845. The van der Waals surface area contributed by atoms with Crippen molar-refractivity contribution in [1.29, 1.82) is 0 Å². The third kappa shape index (κ3) is 44.2. The molecule has 0 aromatic carbocycles. The van der Waals surface area contributed by atoms with Crippen LogP contribution in [-0.2, 0) is 4.79 Å². The minimum Gasteiger partial charge on any atom is -0.394 e. The highest BCUT2D eigenvalue weighted by molar-refractivity contribution is 5.76. The van der Waals surface area contributed by atoms with E-state index in [1.807, 2.05) is 6.08 Å². The number of carbonyl (C=O) groups excluding carboxylic acids is 1. The molecule has 0 radical (unpaired) electrons. The van der Waals surface area contributed by atoms with Crippen LogP contribution in [0.15, 0.2) is 109 Å². The van der Waals surface area contributed by atoms with E-state index >= 15 is 0 Å². The Hall–Kier alpha value is -2.95. The summed E-state index contributed by atoms with van der Waals surface area (Å²) >= 11 is 0. The fourth-order valence-corrected chi connectivity index (χ4v) is 6.60. The molecule has 0 saturated carbocycles. The van der Waals surface area contributed by atoms with Gasteiger partial charge in [-0.1, -0.05) is 226 Å². The average Bonchev–Trinajstić information content (AvgIpc) is 3.23. The summed E-state index contributed by atoms with van der Waals surface area (Å²) in [5.74, 6) is -0.0754. The molecule has 2 unspecified atom stereocenters. The Kier molecular flexibility index (Phi) is 46.0. The molecule has 4 heteroatoms. The molecule has 0 saturated heterocycles. The molecule has 0 heterocycles. The number of amides is 1. The average molecular weight is 802 g/mol. The maximum atomic E-state index is 12.4.